The van der Waals surface area contributed by atoms with Crippen molar-refractivity contribution in [2.24, 2.45) is 11.8 Å². The monoisotopic (exact) mass is 1140 g/mol. The summed E-state index contributed by atoms with van der Waals surface area (Å²) in [5.41, 5.74) is 2.62. The lowest BCUT2D eigenvalue weighted by atomic mass is 9.90. The molecule has 1 aromatic carbocycles. The molecule has 1 aliphatic rings. The first-order valence-electron chi connectivity index (χ1n) is 31.7. The highest BCUT2D eigenvalue weighted by molar-refractivity contribution is 6.29. The summed E-state index contributed by atoms with van der Waals surface area (Å²) in [5, 5.41) is 13.2. The number of hydrogen-bond donors (Lipinski definition) is 2. The average Bonchev–Trinajstić information content (AvgIpc) is 3.48. The average molecular weight is 1140 g/mol. The molecule has 0 radical (unpaired) electrons. The highest BCUT2D eigenvalue weighted by Gasteiger charge is 2.31. The number of benzene rings is 1. The van der Waals surface area contributed by atoms with Crippen LogP contribution in [-0.4, -0.2) is 82.9 Å². The van der Waals surface area contributed by atoms with Gasteiger partial charge in [0.1, 0.15) is 30.3 Å². The summed E-state index contributed by atoms with van der Waals surface area (Å²) in [6.07, 6.45) is 36.7. The van der Waals surface area contributed by atoms with Gasteiger partial charge < -0.3 is 34.3 Å². The van der Waals surface area contributed by atoms with Crippen LogP contribution < -0.4 is 10.2 Å². The quantitative estimate of drug-likeness (QED) is 0.0362. The van der Waals surface area contributed by atoms with Gasteiger partial charge in [0.25, 0.3) is 0 Å². The van der Waals surface area contributed by atoms with E-state index in [1.54, 1.807) is 13.1 Å². The molecule has 1 unspecified atom stereocenters. The molecular formula is C65H107ClN4O10. The van der Waals surface area contributed by atoms with E-state index in [0.29, 0.717) is 24.6 Å². The van der Waals surface area contributed by atoms with Crippen LogP contribution in [0.3, 0.4) is 0 Å². The Hall–Kier alpha value is -4.46. The molecule has 2 N–H and O–H groups in total. The van der Waals surface area contributed by atoms with Crippen molar-refractivity contribution in [3.05, 3.63) is 41.3 Å². The van der Waals surface area contributed by atoms with Gasteiger partial charge in [-0.25, -0.2) is 9.97 Å². The second-order valence-electron chi connectivity index (χ2n) is 23.6. The van der Waals surface area contributed by atoms with E-state index in [9.17, 15) is 29.1 Å². The largest absolute Gasteiger partial charge is 0.481 e. The highest BCUT2D eigenvalue weighted by atomic mass is 35.5. The van der Waals surface area contributed by atoms with Crippen LogP contribution in [0, 0.1) is 11.8 Å². The van der Waals surface area contributed by atoms with E-state index in [4.69, 9.17) is 30.5 Å². The Labute approximate surface area is 488 Å². The summed E-state index contributed by atoms with van der Waals surface area (Å²) < 4.78 is 23.0. The van der Waals surface area contributed by atoms with Crippen molar-refractivity contribution in [1.29, 1.82) is 0 Å². The zero-order valence-electron chi connectivity index (χ0n) is 50.6. The number of carbonyl (C=O) groups excluding carboxylic acids is 4. The number of nitrogens with one attached hydrogen (secondary N) is 1. The first-order chi connectivity index (χ1) is 38.7. The van der Waals surface area contributed by atoms with E-state index in [1.807, 2.05) is 25.1 Å². The summed E-state index contributed by atoms with van der Waals surface area (Å²) in [4.78, 5) is 75.0. The minimum absolute atomic E-state index is 0.00221. The van der Waals surface area contributed by atoms with E-state index in [-0.39, 0.29) is 92.4 Å². The number of carboxylic acids is 1. The Balaban J connectivity index is 1.49. The predicted molar refractivity (Wildman–Crippen MR) is 323 cm³/mol. The number of anilines is 3. The van der Waals surface area contributed by atoms with Crippen LogP contribution in [0.5, 0.6) is 0 Å². The Kier molecular flexibility index (Phi) is 37.7. The second kappa shape index (κ2) is 43.3. The van der Waals surface area contributed by atoms with Crippen LogP contribution in [0.15, 0.2) is 30.6 Å². The van der Waals surface area contributed by atoms with Crippen molar-refractivity contribution in [1.82, 2.24) is 9.97 Å². The smallest absolute Gasteiger partial charge is 0.306 e. The summed E-state index contributed by atoms with van der Waals surface area (Å²) in [6.45, 7) is 12.9. The number of rotatable bonds is 47. The van der Waals surface area contributed by atoms with Gasteiger partial charge in [0, 0.05) is 38.3 Å². The lowest BCUT2D eigenvalue weighted by molar-refractivity contribution is -0.168. The topological polar surface area (TPSA) is 184 Å². The van der Waals surface area contributed by atoms with E-state index in [2.05, 4.69) is 47.9 Å². The normalized spacial score (nSPS) is 15.1. The maximum absolute atomic E-state index is 13.4. The molecule has 0 amide bonds. The third kappa shape index (κ3) is 32.8. The van der Waals surface area contributed by atoms with Crippen molar-refractivity contribution >= 4 is 58.6 Å². The van der Waals surface area contributed by atoms with Gasteiger partial charge in [0.05, 0.1) is 30.2 Å². The van der Waals surface area contributed by atoms with Crippen molar-refractivity contribution < 1.29 is 48.0 Å². The predicted octanol–water partition coefficient (Wildman–Crippen LogP) is 17.1. The molecule has 15 heteroatoms. The maximum Gasteiger partial charge on any atom is 0.306 e. The van der Waals surface area contributed by atoms with Gasteiger partial charge in [-0.05, 0) is 74.0 Å². The third-order valence-corrected chi connectivity index (χ3v) is 15.6. The standard InChI is InChI=1S/C65H107ClN4O10/c1-7-9-11-13-15-17-19-21-23-25-27-29-31-33-62(73)77-48-56(49-78-63(74)34-32-30-28-26-24-22-20-18-16-14-12-10-8-2)80-65(76)42-51(5)41-64(75)79-55-38-36-54(37-39-55)70(47-50(3)4)58-40-35-53(52(6)43-61(71)72)44-57(58)69-60-46-67-59(66)45-68-60/h35,40,44-46,50-52,54-56H,7-34,36-39,41-43,47-49H2,1-6H3,(H,68,69)(H,71,72)/t51?,52-,54-,55-/m1/s1. The van der Waals surface area contributed by atoms with Crippen molar-refractivity contribution in [2.75, 3.05) is 30.0 Å². The Morgan fingerprint density at radius 3 is 1.54 bits per heavy atom. The fourth-order valence-corrected chi connectivity index (χ4v) is 10.8. The molecule has 1 saturated carbocycles. The Morgan fingerprint density at radius 1 is 0.613 bits per heavy atom. The molecule has 1 heterocycles. The molecule has 2 atom stereocenters. The molecule has 0 spiro atoms. The molecule has 1 aliphatic carbocycles. The number of hydrogen-bond acceptors (Lipinski definition) is 13. The van der Waals surface area contributed by atoms with Crippen LogP contribution in [0.1, 0.15) is 278 Å². The molecule has 1 aromatic heterocycles. The van der Waals surface area contributed by atoms with Gasteiger partial charge in [-0.15, -0.1) is 0 Å². The number of aromatic nitrogens is 2. The third-order valence-electron chi connectivity index (χ3n) is 15.4. The van der Waals surface area contributed by atoms with Gasteiger partial charge in [0.2, 0.25) is 0 Å². The molecule has 14 nitrogen and oxygen atoms in total. The van der Waals surface area contributed by atoms with Crippen molar-refractivity contribution in [3.63, 3.8) is 0 Å². The fourth-order valence-electron chi connectivity index (χ4n) is 10.7. The molecule has 1 fully saturated rings. The van der Waals surface area contributed by atoms with Gasteiger partial charge in [-0.1, -0.05) is 213 Å². The summed E-state index contributed by atoms with van der Waals surface area (Å²) in [6, 6.07) is 6.17. The minimum Gasteiger partial charge on any atom is -0.481 e. The second-order valence-corrected chi connectivity index (χ2v) is 24.0. The van der Waals surface area contributed by atoms with Crippen molar-refractivity contribution in [2.45, 2.75) is 290 Å². The Bertz CT molecular complexity index is 1950. The maximum atomic E-state index is 13.4. The summed E-state index contributed by atoms with van der Waals surface area (Å²) in [7, 11) is 0. The lowest BCUT2D eigenvalue weighted by Crippen LogP contribution is -2.42. The van der Waals surface area contributed by atoms with Gasteiger partial charge in [-0.2, -0.15) is 0 Å². The van der Waals surface area contributed by atoms with Crippen LogP contribution in [0.2, 0.25) is 5.15 Å². The summed E-state index contributed by atoms with van der Waals surface area (Å²) in [5.74, 6) is -2.31. The number of ether oxygens (including phenoxy) is 4. The molecule has 0 bridgehead atoms. The van der Waals surface area contributed by atoms with Crippen LogP contribution in [-0.2, 0) is 42.9 Å². The van der Waals surface area contributed by atoms with Crippen LogP contribution >= 0.6 is 11.6 Å². The van der Waals surface area contributed by atoms with Gasteiger partial charge in [0.15, 0.2) is 6.10 Å². The molecule has 3 rings (SSSR count). The molecule has 0 saturated heterocycles. The first-order valence-corrected chi connectivity index (χ1v) is 32.1. The zero-order chi connectivity index (χ0) is 58.2. The number of unbranched alkanes of at least 4 members (excludes halogenated alkanes) is 24. The van der Waals surface area contributed by atoms with E-state index < -0.39 is 18.0 Å². The van der Waals surface area contributed by atoms with Gasteiger partial charge >= 0.3 is 29.8 Å². The molecular weight excluding hydrogens is 1030 g/mol. The van der Waals surface area contributed by atoms with E-state index in [0.717, 1.165) is 74.8 Å². The number of halogens is 1. The SMILES string of the molecule is CCCCCCCCCCCCCCCC(=O)OCC(COC(=O)CCCCCCCCCCCCCCC)OC(=O)CC(C)CC(=O)O[C@H]1CC[C@H](N(CC(C)C)c2ccc([C@H](C)CC(=O)O)cc2Nc2cnc(Cl)cn2)CC1. The summed E-state index contributed by atoms with van der Waals surface area (Å²) >= 11 is 6.04. The van der Waals surface area contributed by atoms with Gasteiger partial charge in [-0.3, -0.25) is 24.0 Å². The number of carbonyl (C=O) groups is 5. The van der Waals surface area contributed by atoms with Crippen molar-refractivity contribution in [3.8, 4) is 0 Å². The molecule has 2 aromatic rings. The first kappa shape index (κ1) is 69.8. The lowest BCUT2D eigenvalue weighted by Gasteiger charge is -2.40. The molecule has 454 valence electrons. The molecule has 0 aliphatic heterocycles. The number of nitrogens with zero attached hydrogens (tertiary/aromatic N) is 3. The molecule has 80 heavy (non-hydrogen) atoms. The van der Waals surface area contributed by atoms with E-state index >= 15 is 0 Å². The zero-order valence-corrected chi connectivity index (χ0v) is 51.3. The number of esters is 4. The highest BCUT2D eigenvalue weighted by Crippen LogP contribution is 2.38. The van der Waals surface area contributed by atoms with Crippen LogP contribution in [0.4, 0.5) is 17.2 Å². The fraction of sp³-hybridized carbons (Fsp3) is 0.769. The van der Waals surface area contributed by atoms with E-state index in [1.165, 1.54) is 135 Å². The van der Waals surface area contributed by atoms with Crippen LogP contribution in [0.25, 0.3) is 0 Å². The Morgan fingerprint density at radius 2 is 1.09 bits per heavy atom. The number of carboxylic acid groups (broad SMARTS) is 1. The number of aliphatic carboxylic acids is 1. The minimum atomic E-state index is -0.963.